The van der Waals surface area contributed by atoms with Crippen LogP contribution in [0.1, 0.15) is 18.4 Å². The van der Waals surface area contributed by atoms with Gasteiger partial charge in [0.1, 0.15) is 4.99 Å². The molecule has 0 spiro atoms. The van der Waals surface area contributed by atoms with Crippen LogP contribution in [-0.2, 0) is 0 Å². The van der Waals surface area contributed by atoms with Gasteiger partial charge in [-0.2, -0.15) is 0 Å². The van der Waals surface area contributed by atoms with Crippen LogP contribution in [0.5, 0.6) is 0 Å². The van der Waals surface area contributed by atoms with Crippen molar-refractivity contribution in [3.05, 3.63) is 42.0 Å². The highest BCUT2D eigenvalue weighted by atomic mass is 32.1. The van der Waals surface area contributed by atoms with Crippen molar-refractivity contribution < 1.29 is 0 Å². The molecule has 1 aromatic carbocycles. The van der Waals surface area contributed by atoms with Gasteiger partial charge < -0.3 is 10.6 Å². The number of likely N-dealkylation sites (tertiary alicyclic amines) is 1. The van der Waals surface area contributed by atoms with Crippen LogP contribution in [-0.4, -0.2) is 23.0 Å². The average molecular weight is 232 g/mol. The first-order valence-corrected chi connectivity index (χ1v) is 6.00. The molecule has 0 amide bonds. The fourth-order valence-electron chi connectivity index (χ4n) is 1.88. The first kappa shape index (κ1) is 11.1. The third-order valence-corrected chi connectivity index (χ3v) is 3.18. The number of rotatable bonds is 2. The van der Waals surface area contributed by atoms with Crippen LogP contribution < -0.4 is 5.73 Å². The number of nitrogens with two attached hydrogens (primary N) is 1. The smallest absolute Gasteiger partial charge is 0.103 e. The first-order valence-electron chi connectivity index (χ1n) is 5.59. The third kappa shape index (κ3) is 2.61. The second-order valence-corrected chi connectivity index (χ2v) is 4.42. The van der Waals surface area contributed by atoms with E-state index in [0.717, 1.165) is 29.3 Å². The predicted octanol–water partition coefficient (Wildman–Crippen LogP) is 2.41. The predicted molar refractivity (Wildman–Crippen MR) is 72.0 cm³/mol. The molecule has 84 valence electrons. The minimum atomic E-state index is 0.748. The minimum absolute atomic E-state index is 0.748. The molecular formula is C13H16N2S. The number of hydrogen-bond acceptors (Lipinski definition) is 2. The van der Waals surface area contributed by atoms with E-state index in [9.17, 15) is 0 Å². The molecule has 0 aliphatic carbocycles. The van der Waals surface area contributed by atoms with Crippen molar-refractivity contribution in [1.82, 2.24) is 4.90 Å². The van der Waals surface area contributed by atoms with Crippen LogP contribution in [0.2, 0.25) is 0 Å². The lowest BCUT2D eigenvalue weighted by molar-refractivity contribution is 0.532. The van der Waals surface area contributed by atoms with Crippen LogP contribution in [0.15, 0.2) is 36.4 Å². The summed E-state index contributed by atoms with van der Waals surface area (Å²) in [7, 11) is 0. The van der Waals surface area contributed by atoms with E-state index >= 15 is 0 Å². The summed E-state index contributed by atoms with van der Waals surface area (Å²) < 4.78 is 0. The van der Waals surface area contributed by atoms with Crippen LogP contribution >= 0.6 is 12.2 Å². The fraction of sp³-hybridized carbons (Fsp3) is 0.308. The quantitative estimate of drug-likeness (QED) is 0.627. The number of thiocarbonyl (C=S) groups is 1. The van der Waals surface area contributed by atoms with Crippen LogP contribution in [0, 0.1) is 0 Å². The molecule has 0 atom stereocenters. The molecule has 1 heterocycles. The molecule has 1 aliphatic rings. The second kappa shape index (κ2) is 5.12. The van der Waals surface area contributed by atoms with E-state index in [1.54, 1.807) is 0 Å². The molecule has 1 aromatic rings. The van der Waals surface area contributed by atoms with Gasteiger partial charge in [-0.05, 0) is 24.5 Å². The lowest BCUT2D eigenvalue weighted by atomic mass is 10.1. The summed E-state index contributed by atoms with van der Waals surface area (Å²) >= 11 is 5.36. The van der Waals surface area contributed by atoms with Crippen molar-refractivity contribution in [2.45, 2.75) is 12.8 Å². The van der Waals surface area contributed by atoms with E-state index in [1.165, 1.54) is 12.8 Å². The van der Waals surface area contributed by atoms with Gasteiger partial charge in [0.05, 0.1) is 0 Å². The zero-order chi connectivity index (χ0) is 11.4. The fourth-order valence-corrected chi connectivity index (χ4v) is 2.19. The lowest BCUT2D eigenvalue weighted by Crippen LogP contribution is -2.24. The first-order chi connectivity index (χ1) is 7.77. The van der Waals surface area contributed by atoms with E-state index in [2.05, 4.69) is 4.90 Å². The Morgan fingerprint density at radius 1 is 1.19 bits per heavy atom. The maximum Gasteiger partial charge on any atom is 0.103 e. The van der Waals surface area contributed by atoms with Gasteiger partial charge >= 0.3 is 0 Å². The van der Waals surface area contributed by atoms with Crippen molar-refractivity contribution in [2.24, 2.45) is 5.73 Å². The molecule has 2 rings (SSSR count). The summed E-state index contributed by atoms with van der Waals surface area (Å²) in [6, 6.07) is 9.94. The molecule has 2 nitrogen and oxygen atoms in total. The molecule has 0 radical (unpaired) electrons. The van der Waals surface area contributed by atoms with Crippen molar-refractivity contribution in [1.29, 1.82) is 0 Å². The number of hydrogen-bond donors (Lipinski definition) is 1. The van der Waals surface area contributed by atoms with E-state index < -0.39 is 0 Å². The molecule has 2 N–H and O–H groups in total. The standard InChI is InChI=1S/C13H16N2S/c14-12(11-6-2-1-3-7-11)10-13(16)15-8-4-5-9-15/h1-3,6-7,10H,4-5,8-9,14H2. The molecular weight excluding hydrogens is 216 g/mol. The molecule has 3 heteroatoms. The number of nitrogens with zero attached hydrogens (tertiary/aromatic N) is 1. The summed E-state index contributed by atoms with van der Waals surface area (Å²) in [5.74, 6) is 0. The van der Waals surface area contributed by atoms with Crippen LogP contribution in [0.4, 0.5) is 0 Å². The minimum Gasteiger partial charge on any atom is -0.398 e. The Morgan fingerprint density at radius 2 is 1.81 bits per heavy atom. The summed E-state index contributed by atoms with van der Waals surface area (Å²) in [6.45, 7) is 2.13. The van der Waals surface area contributed by atoms with Crippen molar-refractivity contribution in [3.8, 4) is 0 Å². The second-order valence-electron chi connectivity index (χ2n) is 4.00. The highest BCUT2D eigenvalue weighted by Gasteiger charge is 2.13. The molecule has 0 saturated carbocycles. The zero-order valence-electron chi connectivity index (χ0n) is 9.23. The van der Waals surface area contributed by atoms with E-state index in [-0.39, 0.29) is 0 Å². The Bertz CT molecular complexity index is 392. The maximum absolute atomic E-state index is 6.01. The van der Waals surface area contributed by atoms with Crippen molar-refractivity contribution >= 4 is 22.9 Å². The summed E-state index contributed by atoms with van der Waals surface area (Å²) in [5, 5.41) is 0. The molecule has 0 aromatic heterocycles. The van der Waals surface area contributed by atoms with Gasteiger partial charge in [-0.15, -0.1) is 0 Å². The highest BCUT2D eigenvalue weighted by molar-refractivity contribution is 7.80. The van der Waals surface area contributed by atoms with E-state index in [4.69, 9.17) is 18.0 Å². The normalized spacial score (nSPS) is 16.5. The molecule has 0 bridgehead atoms. The Kier molecular flexibility index (Phi) is 3.57. The van der Waals surface area contributed by atoms with Gasteiger partial charge in [0.2, 0.25) is 0 Å². The Hall–Kier alpha value is -1.35. The van der Waals surface area contributed by atoms with Crippen LogP contribution in [0.25, 0.3) is 5.70 Å². The van der Waals surface area contributed by atoms with E-state index in [0.29, 0.717) is 0 Å². The Balaban J connectivity index is 2.09. The summed E-state index contributed by atoms with van der Waals surface area (Å²) in [4.78, 5) is 3.07. The molecule has 1 fully saturated rings. The van der Waals surface area contributed by atoms with Gasteiger partial charge in [-0.3, -0.25) is 0 Å². The zero-order valence-corrected chi connectivity index (χ0v) is 10.0. The lowest BCUT2D eigenvalue weighted by Gasteiger charge is -2.16. The van der Waals surface area contributed by atoms with Gasteiger partial charge in [-0.1, -0.05) is 42.5 Å². The monoisotopic (exact) mass is 232 g/mol. The van der Waals surface area contributed by atoms with Crippen LogP contribution in [0.3, 0.4) is 0 Å². The summed E-state index contributed by atoms with van der Waals surface area (Å²) in [5.41, 5.74) is 7.79. The molecule has 16 heavy (non-hydrogen) atoms. The van der Waals surface area contributed by atoms with E-state index in [1.807, 2.05) is 36.4 Å². The molecule has 1 saturated heterocycles. The maximum atomic E-state index is 6.01. The van der Waals surface area contributed by atoms with Gasteiger partial charge in [0, 0.05) is 18.8 Å². The van der Waals surface area contributed by atoms with Crippen molar-refractivity contribution in [3.63, 3.8) is 0 Å². The van der Waals surface area contributed by atoms with Gasteiger partial charge in [-0.25, -0.2) is 0 Å². The average Bonchev–Trinajstić information content (AvgIpc) is 2.83. The SMILES string of the molecule is NC(=CC(=S)N1CCCC1)c1ccccc1. The van der Waals surface area contributed by atoms with Crippen molar-refractivity contribution in [2.75, 3.05) is 13.1 Å². The molecule has 0 unspecified atom stereocenters. The number of benzene rings is 1. The highest BCUT2D eigenvalue weighted by Crippen LogP contribution is 2.13. The topological polar surface area (TPSA) is 29.3 Å². The largest absolute Gasteiger partial charge is 0.398 e. The Morgan fingerprint density at radius 3 is 2.44 bits per heavy atom. The molecule has 1 aliphatic heterocycles. The van der Waals surface area contributed by atoms with Gasteiger partial charge in [0.15, 0.2) is 0 Å². The van der Waals surface area contributed by atoms with Gasteiger partial charge in [0.25, 0.3) is 0 Å². The third-order valence-electron chi connectivity index (χ3n) is 2.80. The Labute approximate surface area is 102 Å². The summed E-state index contributed by atoms with van der Waals surface area (Å²) in [6.07, 6.45) is 4.37.